The fraction of sp³-hybridized carbons (Fsp3) is 0. The number of hydrogen-bond acceptors (Lipinski definition) is 5. The van der Waals surface area contributed by atoms with Gasteiger partial charge in [-0.2, -0.15) is 0 Å². The van der Waals surface area contributed by atoms with Gasteiger partial charge in [-0.3, -0.25) is 4.79 Å². The van der Waals surface area contributed by atoms with Crippen molar-refractivity contribution in [3.63, 3.8) is 0 Å². The fourth-order valence-electron chi connectivity index (χ4n) is 1.20. The highest BCUT2D eigenvalue weighted by molar-refractivity contribution is 5.93. The third-order valence-corrected chi connectivity index (χ3v) is 1.98. The van der Waals surface area contributed by atoms with E-state index in [0.717, 1.165) is 0 Å². The lowest BCUT2D eigenvalue weighted by Crippen LogP contribution is -2.10. The standard InChI is InChI=1S/C11H10N4O2/c12-8-5-14-11(15-6-8)17-9-3-1-2-7(4-9)10(13)16/h1-6H,12H2,(H2,13,16). The zero-order valence-electron chi connectivity index (χ0n) is 8.83. The van der Waals surface area contributed by atoms with Crippen molar-refractivity contribution in [1.29, 1.82) is 0 Å². The van der Waals surface area contributed by atoms with Crippen molar-refractivity contribution in [2.75, 3.05) is 5.73 Å². The van der Waals surface area contributed by atoms with Crippen LogP contribution in [0.5, 0.6) is 11.8 Å². The van der Waals surface area contributed by atoms with Gasteiger partial charge in [0.25, 0.3) is 0 Å². The SMILES string of the molecule is NC(=O)c1cccc(Oc2ncc(N)cn2)c1. The first kappa shape index (κ1) is 10.9. The van der Waals surface area contributed by atoms with Gasteiger partial charge in [0.05, 0.1) is 18.1 Å². The molecular formula is C11H10N4O2. The third-order valence-electron chi connectivity index (χ3n) is 1.98. The number of carbonyl (C=O) groups excluding carboxylic acids is 1. The largest absolute Gasteiger partial charge is 0.424 e. The van der Waals surface area contributed by atoms with Crippen LogP contribution in [0.1, 0.15) is 10.4 Å². The molecule has 0 aliphatic carbocycles. The van der Waals surface area contributed by atoms with E-state index in [4.69, 9.17) is 16.2 Å². The molecule has 0 atom stereocenters. The predicted octanol–water partition coefficient (Wildman–Crippen LogP) is 0.950. The quantitative estimate of drug-likeness (QED) is 0.816. The molecular weight excluding hydrogens is 220 g/mol. The van der Waals surface area contributed by atoms with Gasteiger partial charge in [0.1, 0.15) is 5.75 Å². The number of aromatic nitrogens is 2. The van der Waals surface area contributed by atoms with Gasteiger partial charge in [-0.15, -0.1) is 0 Å². The maximum absolute atomic E-state index is 11.0. The minimum absolute atomic E-state index is 0.154. The van der Waals surface area contributed by atoms with E-state index < -0.39 is 5.91 Å². The molecule has 1 heterocycles. The number of benzene rings is 1. The van der Waals surface area contributed by atoms with E-state index in [0.29, 0.717) is 17.0 Å². The van der Waals surface area contributed by atoms with Crippen LogP contribution < -0.4 is 16.2 Å². The van der Waals surface area contributed by atoms with Crippen molar-refractivity contribution in [3.8, 4) is 11.8 Å². The molecule has 1 amide bonds. The van der Waals surface area contributed by atoms with Crippen molar-refractivity contribution in [1.82, 2.24) is 9.97 Å². The first-order valence-corrected chi connectivity index (χ1v) is 4.80. The lowest BCUT2D eigenvalue weighted by molar-refractivity contribution is 0.1000. The summed E-state index contributed by atoms with van der Waals surface area (Å²) >= 11 is 0. The van der Waals surface area contributed by atoms with Crippen LogP contribution >= 0.6 is 0 Å². The molecule has 0 aliphatic rings. The second kappa shape index (κ2) is 4.48. The molecule has 0 aliphatic heterocycles. The smallest absolute Gasteiger partial charge is 0.322 e. The Kier molecular flexibility index (Phi) is 2.87. The zero-order chi connectivity index (χ0) is 12.3. The van der Waals surface area contributed by atoms with Crippen molar-refractivity contribution in [3.05, 3.63) is 42.2 Å². The van der Waals surface area contributed by atoms with E-state index in [1.165, 1.54) is 18.5 Å². The summed E-state index contributed by atoms with van der Waals surface area (Å²) in [7, 11) is 0. The molecule has 0 saturated carbocycles. The highest BCUT2D eigenvalue weighted by Gasteiger charge is 2.04. The minimum atomic E-state index is -0.520. The van der Waals surface area contributed by atoms with E-state index in [-0.39, 0.29) is 6.01 Å². The van der Waals surface area contributed by atoms with Crippen molar-refractivity contribution in [2.24, 2.45) is 5.73 Å². The van der Waals surface area contributed by atoms with E-state index in [9.17, 15) is 4.79 Å². The molecule has 6 nitrogen and oxygen atoms in total. The number of primary amides is 1. The summed E-state index contributed by atoms with van der Waals surface area (Å²) in [5.41, 5.74) is 11.4. The van der Waals surface area contributed by atoms with Gasteiger partial charge < -0.3 is 16.2 Å². The molecule has 0 unspecified atom stereocenters. The minimum Gasteiger partial charge on any atom is -0.424 e. The van der Waals surface area contributed by atoms with Crippen molar-refractivity contribution < 1.29 is 9.53 Å². The molecule has 1 aromatic carbocycles. The van der Waals surface area contributed by atoms with Crippen LogP contribution in [-0.2, 0) is 0 Å². The van der Waals surface area contributed by atoms with Crippen LogP contribution in [0.2, 0.25) is 0 Å². The van der Waals surface area contributed by atoms with E-state index in [1.807, 2.05) is 0 Å². The molecule has 2 aromatic rings. The first-order valence-electron chi connectivity index (χ1n) is 4.80. The maximum atomic E-state index is 11.0. The van der Waals surface area contributed by atoms with Crippen LogP contribution in [0, 0.1) is 0 Å². The predicted molar refractivity (Wildman–Crippen MR) is 61.5 cm³/mol. The summed E-state index contributed by atoms with van der Waals surface area (Å²) in [5, 5.41) is 0. The molecule has 6 heteroatoms. The Balaban J connectivity index is 2.21. The van der Waals surface area contributed by atoms with E-state index in [2.05, 4.69) is 9.97 Å². The maximum Gasteiger partial charge on any atom is 0.322 e. The Bertz CT molecular complexity index is 539. The van der Waals surface area contributed by atoms with Gasteiger partial charge in [0, 0.05) is 5.56 Å². The van der Waals surface area contributed by atoms with Gasteiger partial charge >= 0.3 is 6.01 Å². The number of nitrogens with zero attached hydrogens (tertiary/aromatic N) is 2. The number of nitrogens with two attached hydrogens (primary N) is 2. The lowest BCUT2D eigenvalue weighted by Gasteiger charge is -2.04. The van der Waals surface area contributed by atoms with Gasteiger partial charge in [-0.05, 0) is 18.2 Å². The summed E-state index contributed by atoms with van der Waals surface area (Å²) in [5.74, 6) is -0.0836. The molecule has 2 rings (SSSR count). The molecule has 0 spiro atoms. The summed E-state index contributed by atoms with van der Waals surface area (Å²) < 4.78 is 5.34. The fourth-order valence-corrected chi connectivity index (χ4v) is 1.20. The Morgan fingerprint density at radius 3 is 2.59 bits per heavy atom. The third kappa shape index (κ3) is 2.69. The number of anilines is 1. The average molecular weight is 230 g/mol. The number of rotatable bonds is 3. The monoisotopic (exact) mass is 230 g/mol. The van der Waals surface area contributed by atoms with Crippen molar-refractivity contribution in [2.45, 2.75) is 0 Å². The molecule has 4 N–H and O–H groups in total. The second-order valence-electron chi connectivity index (χ2n) is 3.29. The first-order chi connectivity index (χ1) is 8.15. The summed E-state index contributed by atoms with van der Waals surface area (Å²) in [6.45, 7) is 0. The molecule has 17 heavy (non-hydrogen) atoms. The number of hydrogen-bond donors (Lipinski definition) is 2. The number of nitrogen functional groups attached to an aromatic ring is 1. The number of ether oxygens (including phenoxy) is 1. The Labute approximate surface area is 97.2 Å². The van der Waals surface area contributed by atoms with E-state index in [1.54, 1.807) is 18.2 Å². The molecule has 0 fully saturated rings. The Morgan fingerprint density at radius 1 is 1.24 bits per heavy atom. The van der Waals surface area contributed by atoms with Gasteiger partial charge in [0.15, 0.2) is 0 Å². The molecule has 1 aromatic heterocycles. The highest BCUT2D eigenvalue weighted by atomic mass is 16.5. The summed E-state index contributed by atoms with van der Waals surface area (Å²) in [6.07, 6.45) is 2.86. The van der Waals surface area contributed by atoms with Crippen LogP contribution in [0.4, 0.5) is 5.69 Å². The topological polar surface area (TPSA) is 104 Å². The van der Waals surface area contributed by atoms with Gasteiger partial charge in [0.2, 0.25) is 5.91 Å². The zero-order valence-corrected chi connectivity index (χ0v) is 8.83. The average Bonchev–Trinajstić information content (AvgIpc) is 2.32. The molecule has 0 bridgehead atoms. The second-order valence-corrected chi connectivity index (χ2v) is 3.29. The van der Waals surface area contributed by atoms with Crippen LogP contribution in [0.15, 0.2) is 36.7 Å². The molecule has 0 saturated heterocycles. The van der Waals surface area contributed by atoms with Gasteiger partial charge in [-0.1, -0.05) is 6.07 Å². The summed E-state index contributed by atoms with van der Waals surface area (Å²) in [4.78, 5) is 18.7. The number of amides is 1. The Hall–Kier alpha value is -2.63. The van der Waals surface area contributed by atoms with E-state index >= 15 is 0 Å². The van der Waals surface area contributed by atoms with Crippen LogP contribution in [0.25, 0.3) is 0 Å². The van der Waals surface area contributed by atoms with Crippen LogP contribution in [-0.4, -0.2) is 15.9 Å². The highest BCUT2D eigenvalue weighted by Crippen LogP contribution is 2.18. The summed E-state index contributed by atoms with van der Waals surface area (Å²) in [6, 6.07) is 6.60. The number of carbonyl (C=O) groups is 1. The Morgan fingerprint density at radius 2 is 1.94 bits per heavy atom. The normalized spacial score (nSPS) is 9.88. The van der Waals surface area contributed by atoms with Gasteiger partial charge in [-0.25, -0.2) is 9.97 Å². The lowest BCUT2D eigenvalue weighted by atomic mass is 10.2. The van der Waals surface area contributed by atoms with Crippen molar-refractivity contribution >= 4 is 11.6 Å². The molecule has 86 valence electrons. The van der Waals surface area contributed by atoms with Crippen LogP contribution in [0.3, 0.4) is 0 Å². The molecule has 0 radical (unpaired) electrons.